The highest BCUT2D eigenvalue weighted by Gasteiger charge is 2.50. The van der Waals surface area contributed by atoms with Crippen LogP contribution in [0.2, 0.25) is 5.04 Å². The van der Waals surface area contributed by atoms with Gasteiger partial charge in [-0.15, -0.1) is 0 Å². The Morgan fingerprint density at radius 1 is 1.00 bits per heavy atom. The van der Waals surface area contributed by atoms with E-state index >= 15 is 0 Å². The van der Waals surface area contributed by atoms with Gasteiger partial charge in [0.2, 0.25) is 6.08 Å². The van der Waals surface area contributed by atoms with E-state index in [0.717, 1.165) is 0 Å². The van der Waals surface area contributed by atoms with Crippen LogP contribution in [0.5, 0.6) is 0 Å². The van der Waals surface area contributed by atoms with Gasteiger partial charge in [-0.2, -0.15) is 0 Å². The molecule has 0 aromatic heterocycles. The van der Waals surface area contributed by atoms with Gasteiger partial charge in [-0.05, 0) is 22.3 Å². The molecule has 0 saturated carbocycles. The average Bonchev–Trinajstić information content (AvgIpc) is 2.58. The SMILES string of the molecule is CC(CN=C=O)O[Si](c1ccccc1)(c1ccccc1)C(C)(C)C. The molecule has 0 fully saturated rings. The molecule has 0 N–H and O–H groups in total. The molecule has 0 heterocycles. The first-order chi connectivity index (χ1) is 11.4. The molecule has 3 nitrogen and oxygen atoms in total. The second-order valence-corrected chi connectivity index (χ2v) is 11.3. The van der Waals surface area contributed by atoms with Crippen LogP contribution in [0, 0.1) is 0 Å². The standard InChI is InChI=1S/C20H25NO2Si/c1-17(15-21-16-22)23-24(20(2,3)4,18-11-7-5-8-12-18)19-13-9-6-10-14-19/h5-14,17H,15H2,1-4H3. The third-order valence-electron chi connectivity index (χ3n) is 4.21. The number of nitrogens with zero attached hydrogens (tertiary/aromatic N) is 1. The van der Waals surface area contributed by atoms with Gasteiger partial charge in [0, 0.05) is 0 Å². The van der Waals surface area contributed by atoms with E-state index in [1.807, 2.05) is 19.1 Å². The number of benzene rings is 2. The number of isocyanates is 1. The fourth-order valence-electron chi connectivity index (χ4n) is 3.20. The van der Waals surface area contributed by atoms with E-state index in [9.17, 15) is 4.79 Å². The van der Waals surface area contributed by atoms with Crippen LogP contribution in [0.3, 0.4) is 0 Å². The molecule has 2 aromatic carbocycles. The summed E-state index contributed by atoms with van der Waals surface area (Å²) in [7, 11) is -2.55. The van der Waals surface area contributed by atoms with Gasteiger partial charge in [0.25, 0.3) is 8.32 Å². The van der Waals surface area contributed by atoms with Crippen molar-refractivity contribution in [3.63, 3.8) is 0 Å². The van der Waals surface area contributed by atoms with E-state index in [2.05, 4.69) is 74.3 Å². The number of carbonyl (C=O) groups excluding carboxylic acids is 1. The van der Waals surface area contributed by atoms with Gasteiger partial charge in [-0.25, -0.2) is 9.79 Å². The predicted molar refractivity (Wildman–Crippen MR) is 101 cm³/mol. The zero-order valence-electron chi connectivity index (χ0n) is 14.8. The predicted octanol–water partition coefficient (Wildman–Crippen LogP) is 3.29. The van der Waals surface area contributed by atoms with Gasteiger partial charge in [0.1, 0.15) is 0 Å². The van der Waals surface area contributed by atoms with Gasteiger partial charge in [0.05, 0.1) is 12.6 Å². The normalized spacial score (nSPS) is 13.2. The summed E-state index contributed by atoms with van der Waals surface area (Å²) in [5, 5.41) is 2.38. The summed E-state index contributed by atoms with van der Waals surface area (Å²) in [4.78, 5) is 14.2. The average molecular weight is 340 g/mol. The maximum absolute atomic E-state index is 10.5. The molecular formula is C20H25NO2Si. The van der Waals surface area contributed by atoms with E-state index in [1.54, 1.807) is 6.08 Å². The summed E-state index contributed by atoms with van der Waals surface area (Å²) < 4.78 is 6.74. The van der Waals surface area contributed by atoms with E-state index in [0.29, 0.717) is 6.54 Å². The van der Waals surface area contributed by atoms with Gasteiger partial charge >= 0.3 is 0 Å². The highest BCUT2D eigenvalue weighted by atomic mass is 28.4. The number of aliphatic imine (C=N–C) groups is 1. The van der Waals surface area contributed by atoms with Crippen molar-refractivity contribution in [2.75, 3.05) is 6.54 Å². The van der Waals surface area contributed by atoms with Crippen molar-refractivity contribution in [1.82, 2.24) is 0 Å². The Bertz CT molecular complexity index is 649. The molecule has 0 radical (unpaired) electrons. The maximum Gasteiger partial charge on any atom is 0.261 e. The molecule has 24 heavy (non-hydrogen) atoms. The molecule has 0 amide bonds. The number of hydrogen-bond donors (Lipinski definition) is 0. The lowest BCUT2D eigenvalue weighted by molar-refractivity contribution is 0.214. The first kappa shape index (κ1) is 18.3. The summed E-state index contributed by atoms with van der Waals surface area (Å²) in [6.45, 7) is 8.99. The van der Waals surface area contributed by atoms with Crippen molar-refractivity contribution < 1.29 is 9.22 Å². The Balaban J connectivity index is 2.63. The minimum atomic E-state index is -2.55. The second-order valence-electron chi connectivity index (χ2n) is 7.02. The van der Waals surface area contributed by atoms with Crippen LogP contribution >= 0.6 is 0 Å². The molecule has 2 rings (SSSR count). The van der Waals surface area contributed by atoms with Crippen LogP contribution in [0.4, 0.5) is 0 Å². The van der Waals surface area contributed by atoms with Crippen LogP contribution in [0.25, 0.3) is 0 Å². The van der Waals surface area contributed by atoms with Crippen molar-refractivity contribution >= 4 is 24.8 Å². The van der Waals surface area contributed by atoms with Crippen molar-refractivity contribution in [2.24, 2.45) is 4.99 Å². The van der Waals surface area contributed by atoms with Crippen molar-refractivity contribution in [1.29, 1.82) is 0 Å². The smallest absolute Gasteiger partial charge is 0.261 e. The molecule has 2 aromatic rings. The van der Waals surface area contributed by atoms with E-state index in [4.69, 9.17) is 4.43 Å². The minimum absolute atomic E-state index is 0.0745. The van der Waals surface area contributed by atoms with Crippen LogP contribution < -0.4 is 10.4 Å². The van der Waals surface area contributed by atoms with Gasteiger partial charge < -0.3 is 4.43 Å². The Labute approximate surface area is 145 Å². The summed E-state index contributed by atoms with van der Waals surface area (Å²) in [5.74, 6) is 0. The highest BCUT2D eigenvalue weighted by Crippen LogP contribution is 2.37. The molecule has 0 aliphatic heterocycles. The molecule has 126 valence electrons. The lowest BCUT2D eigenvalue weighted by Gasteiger charge is -2.44. The first-order valence-corrected chi connectivity index (χ1v) is 10.1. The lowest BCUT2D eigenvalue weighted by Crippen LogP contribution is -2.67. The molecule has 0 aliphatic carbocycles. The van der Waals surface area contributed by atoms with Crippen LogP contribution in [-0.4, -0.2) is 27.0 Å². The number of hydrogen-bond acceptors (Lipinski definition) is 3. The fourth-order valence-corrected chi connectivity index (χ4v) is 7.89. The summed E-state index contributed by atoms with van der Waals surface area (Å²) in [5.41, 5.74) is 0. The molecule has 1 unspecified atom stereocenters. The topological polar surface area (TPSA) is 38.7 Å². The highest BCUT2D eigenvalue weighted by molar-refractivity contribution is 6.99. The number of rotatable bonds is 6. The molecule has 0 spiro atoms. The van der Waals surface area contributed by atoms with Crippen molar-refractivity contribution in [3.05, 3.63) is 60.7 Å². The summed E-state index contributed by atoms with van der Waals surface area (Å²) in [6.07, 6.45) is 1.46. The quantitative estimate of drug-likeness (QED) is 0.460. The van der Waals surface area contributed by atoms with Crippen molar-refractivity contribution in [3.8, 4) is 0 Å². The molecule has 0 saturated heterocycles. The van der Waals surface area contributed by atoms with Crippen LogP contribution in [0.15, 0.2) is 65.7 Å². The Morgan fingerprint density at radius 3 is 1.83 bits per heavy atom. The Hall–Kier alpha value is -2.00. The Morgan fingerprint density at radius 2 is 1.46 bits per heavy atom. The van der Waals surface area contributed by atoms with Crippen LogP contribution in [0.1, 0.15) is 27.7 Å². The van der Waals surface area contributed by atoms with Crippen molar-refractivity contribution in [2.45, 2.75) is 38.8 Å². The molecule has 1 atom stereocenters. The molecular weight excluding hydrogens is 314 g/mol. The molecule has 0 aliphatic rings. The van der Waals surface area contributed by atoms with E-state index in [-0.39, 0.29) is 11.1 Å². The molecule has 0 bridgehead atoms. The monoisotopic (exact) mass is 339 g/mol. The van der Waals surface area contributed by atoms with Gasteiger partial charge in [0.15, 0.2) is 0 Å². The second kappa shape index (κ2) is 7.71. The zero-order valence-corrected chi connectivity index (χ0v) is 15.8. The van der Waals surface area contributed by atoms with E-state index < -0.39 is 8.32 Å². The van der Waals surface area contributed by atoms with Crippen LogP contribution in [-0.2, 0) is 9.22 Å². The van der Waals surface area contributed by atoms with E-state index in [1.165, 1.54) is 10.4 Å². The Kier molecular flexibility index (Phi) is 5.89. The third kappa shape index (κ3) is 3.73. The zero-order chi connectivity index (χ0) is 17.6. The summed E-state index contributed by atoms with van der Waals surface area (Å²) >= 11 is 0. The van der Waals surface area contributed by atoms with Gasteiger partial charge in [-0.1, -0.05) is 81.4 Å². The first-order valence-electron chi connectivity index (χ1n) is 8.24. The minimum Gasteiger partial charge on any atom is -0.403 e. The fraction of sp³-hybridized carbons (Fsp3) is 0.350. The van der Waals surface area contributed by atoms with Gasteiger partial charge in [-0.3, -0.25) is 0 Å². The maximum atomic E-state index is 10.5. The largest absolute Gasteiger partial charge is 0.403 e. The third-order valence-corrected chi connectivity index (χ3v) is 9.37. The molecule has 4 heteroatoms. The summed E-state index contributed by atoms with van der Waals surface area (Å²) in [6, 6.07) is 20.9. The lowest BCUT2D eigenvalue weighted by atomic mass is 10.2.